The van der Waals surface area contributed by atoms with Crippen LogP contribution in [-0.4, -0.2) is 12.1 Å². The molecule has 0 atom stereocenters. The summed E-state index contributed by atoms with van der Waals surface area (Å²) in [6, 6.07) is 9.46. The molecule has 2 rings (SSSR count). The van der Waals surface area contributed by atoms with Gasteiger partial charge in [0, 0.05) is 21.8 Å². The van der Waals surface area contributed by atoms with E-state index in [-0.39, 0.29) is 0 Å². The van der Waals surface area contributed by atoms with Crippen molar-refractivity contribution in [3.63, 3.8) is 0 Å². The Labute approximate surface area is 124 Å². The smallest absolute Gasteiger partial charge is 0.128 e. The molecular formula is C16H19ClN2O. The maximum atomic E-state index is 6.14. The number of hydrogen-bond donors (Lipinski definition) is 1. The molecule has 2 aromatic rings. The first-order valence-corrected chi connectivity index (χ1v) is 6.81. The van der Waals surface area contributed by atoms with Gasteiger partial charge in [-0.05, 0) is 50.6 Å². The highest BCUT2D eigenvalue weighted by molar-refractivity contribution is 6.30. The standard InChI is InChI=1S/C16H19ClN2O/c1-10-13(16(2,3)18)6-7-14(19-10)12-9-11(17)5-8-15(12)20-4/h5-9H,18H2,1-4H3. The van der Waals surface area contributed by atoms with E-state index in [1.54, 1.807) is 13.2 Å². The summed E-state index contributed by atoms with van der Waals surface area (Å²) in [5.74, 6) is 0.751. The third-order valence-corrected chi connectivity index (χ3v) is 3.45. The molecule has 0 saturated carbocycles. The zero-order valence-corrected chi connectivity index (χ0v) is 13.0. The second kappa shape index (κ2) is 5.43. The number of nitrogens with zero attached hydrogens (tertiary/aromatic N) is 1. The van der Waals surface area contributed by atoms with Gasteiger partial charge >= 0.3 is 0 Å². The SMILES string of the molecule is COc1ccc(Cl)cc1-c1ccc(C(C)(C)N)c(C)n1. The van der Waals surface area contributed by atoms with Crippen molar-refractivity contribution < 1.29 is 4.74 Å². The largest absolute Gasteiger partial charge is 0.496 e. The number of aryl methyl sites for hydroxylation is 1. The zero-order valence-electron chi connectivity index (χ0n) is 12.2. The van der Waals surface area contributed by atoms with Crippen molar-refractivity contribution in [2.24, 2.45) is 5.73 Å². The number of ether oxygens (including phenoxy) is 1. The minimum absolute atomic E-state index is 0.409. The predicted octanol–water partition coefficient (Wildman–Crippen LogP) is 3.91. The minimum atomic E-state index is -0.409. The van der Waals surface area contributed by atoms with Gasteiger partial charge in [0.15, 0.2) is 0 Å². The number of nitrogens with two attached hydrogens (primary N) is 1. The third kappa shape index (κ3) is 2.94. The van der Waals surface area contributed by atoms with Crippen LogP contribution >= 0.6 is 11.6 Å². The van der Waals surface area contributed by atoms with Crippen LogP contribution in [0.4, 0.5) is 0 Å². The van der Waals surface area contributed by atoms with Gasteiger partial charge in [0.25, 0.3) is 0 Å². The molecule has 0 aliphatic heterocycles. The monoisotopic (exact) mass is 290 g/mol. The van der Waals surface area contributed by atoms with Gasteiger partial charge in [-0.15, -0.1) is 0 Å². The molecule has 0 spiro atoms. The molecule has 0 fully saturated rings. The number of rotatable bonds is 3. The second-order valence-corrected chi connectivity index (χ2v) is 5.83. The fourth-order valence-electron chi connectivity index (χ4n) is 2.27. The molecule has 3 nitrogen and oxygen atoms in total. The van der Waals surface area contributed by atoms with E-state index in [2.05, 4.69) is 4.98 Å². The van der Waals surface area contributed by atoms with E-state index in [4.69, 9.17) is 22.1 Å². The molecule has 106 valence electrons. The zero-order chi connectivity index (χ0) is 14.9. The fraction of sp³-hybridized carbons (Fsp3) is 0.312. The van der Waals surface area contributed by atoms with Gasteiger partial charge in [0.1, 0.15) is 5.75 Å². The van der Waals surface area contributed by atoms with E-state index in [0.29, 0.717) is 5.02 Å². The van der Waals surface area contributed by atoms with E-state index in [1.807, 2.05) is 45.0 Å². The van der Waals surface area contributed by atoms with Gasteiger partial charge in [-0.1, -0.05) is 17.7 Å². The number of methoxy groups -OCH3 is 1. The molecular weight excluding hydrogens is 272 g/mol. The fourth-order valence-corrected chi connectivity index (χ4v) is 2.44. The Kier molecular flexibility index (Phi) is 4.02. The molecule has 0 aliphatic rings. The highest BCUT2D eigenvalue weighted by Gasteiger charge is 2.18. The molecule has 1 heterocycles. The number of pyridine rings is 1. The second-order valence-electron chi connectivity index (χ2n) is 5.40. The summed E-state index contributed by atoms with van der Waals surface area (Å²) in [5, 5.41) is 0.656. The van der Waals surface area contributed by atoms with Crippen molar-refractivity contribution in [2.75, 3.05) is 7.11 Å². The molecule has 1 aromatic carbocycles. The first-order chi connectivity index (χ1) is 9.32. The number of hydrogen-bond acceptors (Lipinski definition) is 3. The average molecular weight is 291 g/mol. The van der Waals surface area contributed by atoms with Gasteiger partial charge < -0.3 is 10.5 Å². The van der Waals surface area contributed by atoms with Crippen molar-refractivity contribution in [3.05, 3.63) is 46.6 Å². The lowest BCUT2D eigenvalue weighted by Gasteiger charge is -2.21. The highest BCUT2D eigenvalue weighted by Crippen LogP contribution is 2.32. The van der Waals surface area contributed by atoms with Gasteiger partial charge in [-0.25, -0.2) is 0 Å². The van der Waals surface area contributed by atoms with E-state index in [9.17, 15) is 0 Å². The first-order valence-electron chi connectivity index (χ1n) is 6.44. The maximum absolute atomic E-state index is 6.14. The Balaban J connectivity index is 2.55. The summed E-state index contributed by atoms with van der Waals surface area (Å²) in [4.78, 5) is 4.64. The van der Waals surface area contributed by atoms with Crippen LogP contribution in [0.3, 0.4) is 0 Å². The number of halogens is 1. The Morgan fingerprint density at radius 1 is 1.20 bits per heavy atom. The van der Waals surface area contributed by atoms with Crippen LogP contribution in [0.5, 0.6) is 5.75 Å². The Morgan fingerprint density at radius 3 is 2.45 bits per heavy atom. The van der Waals surface area contributed by atoms with E-state index in [1.165, 1.54) is 0 Å². The molecule has 0 radical (unpaired) electrons. The van der Waals surface area contributed by atoms with Crippen LogP contribution in [0, 0.1) is 6.92 Å². The van der Waals surface area contributed by atoms with Crippen molar-refractivity contribution in [3.8, 4) is 17.0 Å². The molecule has 2 N–H and O–H groups in total. The van der Waals surface area contributed by atoms with E-state index < -0.39 is 5.54 Å². The van der Waals surface area contributed by atoms with Crippen LogP contribution in [0.2, 0.25) is 5.02 Å². The minimum Gasteiger partial charge on any atom is -0.496 e. The topological polar surface area (TPSA) is 48.1 Å². The number of aromatic nitrogens is 1. The molecule has 0 bridgehead atoms. The van der Waals surface area contributed by atoms with Crippen LogP contribution in [0.15, 0.2) is 30.3 Å². The summed E-state index contributed by atoms with van der Waals surface area (Å²) in [5.41, 5.74) is 9.38. The van der Waals surface area contributed by atoms with Crippen molar-refractivity contribution in [1.29, 1.82) is 0 Å². The van der Waals surface area contributed by atoms with Crippen LogP contribution in [0.1, 0.15) is 25.1 Å². The third-order valence-electron chi connectivity index (χ3n) is 3.22. The Bertz CT molecular complexity index is 633. The lowest BCUT2D eigenvalue weighted by molar-refractivity contribution is 0.416. The Morgan fingerprint density at radius 2 is 1.90 bits per heavy atom. The predicted molar refractivity (Wildman–Crippen MR) is 83.2 cm³/mol. The lowest BCUT2D eigenvalue weighted by atomic mass is 9.93. The summed E-state index contributed by atoms with van der Waals surface area (Å²) in [6.45, 7) is 5.90. The van der Waals surface area contributed by atoms with E-state index in [0.717, 1.165) is 28.3 Å². The summed E-state index contributed by atoms with van der Waals surface area (Å²) in [7, 11) is 1.64. The maximum Gasteiger partial charge on any atom is 0.128 e. The quantitative estimate of drug-likeness (QED) is 0.932. The molecule has 20 heavy (non-hydrogen) atoms. The van der Waals surface area contributed by atoms with E-state index >= 15 is 0 Å². The molecule has 0 unspecified atom stereocenters. The molecule has 4 heteroatoms. The van der Waals surface area contributed by atoms with Gasteiger partial charge in [0.2, 0.25) is 0 Å². The normalized spacial score (nSPS) is 11.5. The van der Waals surface area contributed by atoms with Gasteiger partial charge in [-0.2, -0.15) is 0 Å². The highest BCUT2D eigenvalue weighted by atomic mass is 35.5. The summed E-state index contributed by atoms with van der Waals surface area (Å²) < 4.78 is 5.37. The molecule has 1 aromatic heterocycles. The molecule has 0 saturated heterocycles. The van der Waals surface area contributed by atoms with Crippen LogP contribution < -0.4 is 10.5 Å². The van der Waals surface area contributed by atoms with Gasteiger partial charge in [0.05, 0.1) is 12.8 Å². The van der Waals surface area contributed by atoms with Gasteiger partial charge in [-0.3, -0.25) is 4.98 Å². The molecule has 0 aliphatic carbocycles. The Hall–Kier alpha value is -1.58. The average Bonchev–Trinajstić information content (AvgIpc) is 2.37. The summed E-state index contributed by atoms with van der Waals surface area (Å²) >= 11 is 6.06. The van der Waals surface area contributed by atoms with Crippen LogP contribution in [-0.2, 0) is 5.54 Å². The molecule has 0 amide bonds. The lowest BCUT2D eigenvalue weighted by Crippen LogP contribution is -2.29. The van der Waals surface area contributed by atoms with Crippen molar-refractivity contribution >= 4 is 11.6 Å². The number of benzene rings is 1. The first kappa shape index (κ1) is 14.8. The van der Waals surface area contributed by atoms with Crippen molar-refractivity contribution in [2.45, 2.75) is 26.3 Å². The van der Waals surface area contributed by atoms with Crippen molar-refractivity contribution in [1.82, 2.24) is 4.98 Å². The van der Waals surface area contributed by atoms with Crippen LogP contribution in [0.25, 0.3) is 11.3 Å². The summed E-state index contributed by atoms with van der Waals surface area (Å²) in [6.07, 6.45) is 0.